The van der Waals surface area contributed by atoms with E-state index in [4.69, 9.17) is 5.73 Å². The molecule has 15 heavy (non-hydrogen) atoms. The van der Waals surface area contributed by atoms with E-state index in [1.807, 2.05) is 0 Å². The molecule has 0 amide bonds. The van der Waals surface area contributed by atoms with Crippen molar-refractivity contribution in [2.24, 2.45) is 5.73 Å². The smallest absolute Gasteiger partial charge is 0.0282 e. The molecule has 0 bridgehead atoms. The number of nitrogens with two attached hydrogens (primary N) is 1. The predicted molar refractivity (Wildman–Crippen MR) is 63.9 cm³/mol. The molecule has 2 rings (SSSR count). The van der Waals surface area contributed by atoms with Crippen LogP contribution in [-0.2, 0) is 6.42 Å². The second-order valence-electron chi connectivity index (χ2n) is 4.78. The zero-order valence-corrected chi connectivity index (χ0v) is 9.42. The minimum atomic E-state index is 0.132. The summed E-state index contributed by atoms with van der Waals surface area (Å²) in [5.74, 6) is 0. The molecule has 0 saturated heterocycles. The Labute approximate surface area is 91.9 Å². The summed E-state index contributed by atoms with van der Waals surface area (Å²) in [6, 6.07) is 8.69. The highest BCUT2D eigenvalue weighted by atomic mass is 15.0. The topological polar surface area (TPSA) is 38.0 Å². The van der Waals surface area contributed by atoms with Gasteiger partial charge in [-0.05, 0) is 38.3 Å². The van der Waals surface area contributed by atoms with Crippen molar-refractivity contribution in [1.29, 1.82) is 0 Å². The number of hydrogen-bond donors (Lipinski definition) is 2. The molecule has 0 aliphatic heterocycles. The highest BCUT2D eigenvalue weighted by molar-refractivity contribution is 5.22. The van der Waals surface area contributed by atoms with Gasteiger partial charge in [0.2, 0.25) is 0 Å². The molecule has 2 nitrogen and oxygen atoms in total. The summed E-state index contributed by atoms with van der Waals surface area (Å²) >= 11 is 0. The zero-order valence-electron chi connectivity index (χ0n) is 9.42. The standard InChI is InChI=1S/C13H20N2/c1-11-3-2-4-12(9-11)5-8-15-10-13(14)6-7-13/h2-4,9,15H,5-8,10,14H2,1H3. The molecular formula is C13H20N2. The predicted octanol–water partition coefficient (Wildman–Crippen LogP) is 1.62. The van der Waals surface area contributed by atoms with Crippen molar-refractivity contribution in [3.63, 3.8) is 0 Å². The van der Waals surface area contributed by atoms with Crippen LogP contribution in [0.15, 0.2) is 24.3 Å². The molecule has 82 valence electrons. The largest absolute Gasteiger partial charge is 0.324 e. The maximum atomic E-state index is 5.99. The van der Waals surface area contributed by atoms with E-state index in [0.717, 1.165) is 19.5 Å². The molecule has 0 heterocycles. The monoisotopic (exact) mass is 204 g/mol. The molecule has 1 saturated carbocycles. The van der Waals surface area contributed by atoms with E-state index in [1.54, 1.807) is 0 Å². The third kappa shape index (κ3) is 3.33. The molecule has 0 radical (unpaired) electrons. The van der Waals surface area contributed by atoms with Gasteiger partial charge in [-0.2, -0.15) is 0 Å². The Morgan fingerprint density at radius 2 is 2.20 bits per heavy atom. The van der Waals surface area contributed by atoms with Gasteiger partial charge in [-0.1, -0.05) is 29.8 Å². The SMILES string of the molecule is Cc1cccc(CCNCC2(N)CC2)c1. The van der Waals surface area contributed by atoms with Gasteiger partial charge in [-0.15, -0.1) is 0 Å². The number of hydrogen-bond acceptors (Lipinski definition) is 2. The molecule has 1 fully saturated rings. The van der Waals surface area contributed by atoms with Crippen LogP contribution in [0, 0.1) is 6.92 Å². The van der Waals surface area contributed by atoms with Gasteiger partial charge in [-0.3, -0.25) is 0 Å². The van der Waals surface area contributed by atoms with Crippen molar-refractivity contribution in [3.05, 3.63) is 35.4 Å². The molecule has 0 atom stereocenters. The first-order chi connectivity index (χ1) is 7.18. The molecule has 1 aromatic carbocycles. The van der Waals surface area contributed by atoms with Crippen molar-refractivity contribution in [2.75, 3.05) is 13.1 Å². The van der Waals surface area contributed by atoms with Gasteiger partial charge in [0.25, 0.3) is 0 Å². The Morgan fingerprint density at radius 3 is 2.87 bits per heavy atom. The molecule has 3 N–H and O–H groups in total. The van der Waals surface area contributed by atoms with Crippen molar-refractivity contribution in [3.8, 4) is 0 Å². The summed E-state index contributed by atoms with van der Waals surface area (Å²) in [5.41, 5.74) is 8.86. The van der Waals surface area contributed by atoms with E-state index < -0.39 is 0 Å². The molecule has 1 aliphatic carbocycles. The Kier molecular flexibility index (Phi) is 3.08. The average Bonchev–Trinajstić information content (AvgIpc) is 2.92. The fourth-order valence-corrected chi connectivity index (χ4v) is 1.78. The first-order valence-electron chi connectivity index (χ1n) is 5.73. The van der Waals surface area contributed by atoms with Gasteiger partial charge in [0, 0.05) is 12.1 Å². The summed E-state index contributed by atoms with van der Waals surface area (Å²) in [4.78, 5) is 0. The normalized spacial score (nSPS) is 17.7. The van der Waals surface area contributed by atoms with Crippen molar-refractivity contribution in [1.82, 2.24) is 5.32 Å². The van der Waals surface area contributed by atoms with E-state index >= 15 is 0 Å². The van der Waals surface area contributed by atoms with Crippen LogP contribution in [0.25, 0.3) is 0 Å². The van der Waals surface area contributed by atoms with Crippen LogP contribution < -0.4 is 11.1 Å². The van der Waals surface area contributed by atoms with E-state index in [-0.39, 0.29) is 5.54 Å². The maximum Gasteiger partial charge on any atom is 0.0282 e. The molecule has 0 aromatic heterocycles. The zero-order chi connectivity index (χ0) is 10.7. The second kappa shape index (κ2) is 4.33. The Morgan fingerprint density at radius 1 is 1.40 bits per heavy atom. The van der Waals surface area contributed by atoms with E-state index in [0.29, 0.717) is 0 Å². The minimum absolute atomic E-state index is 0.132. The fraction of sp³-hybridized carbons (Fsp3) is 0.538. The maximum absolute atomic E-state index is 5.99. The highest BCUT2D eigenvalue weighted by Gasteiger charge is 2.37. The molecule has 2 heteroatoms. The lowest BCUT2D eigenvalue weighted by Crippen LogP contribution is -2.36. The van der Waals surface area contributed by atoms with Crippen LogP contribution in [0.1, 0.15) is 24.0 Å². The van der Waals surface area contributed by atoms with Gasteiger partial charge in [-0.25, -0.2) is 0 Å². The van der Waals surface area contributed by atoms with E-state index in [9.17, 15) is 0 Å². The van der Waals surface area contributed by atoms with E-state index in [2.05, 4.69) is 36.5 Å². The molecule has 1 aliphatic rings. The average molecular weight is 204 g/mol. The lowest BCUT2D eigenvalue weighted by molar-refractivity contribution is 0.570. The van der Waals surface area contributed by atoms with Crippen LogP contribution in [0.4, 0.5) is 0 Å². The third-order valence-electron chi connectivity index (χ3n) is 3.04. The Balaban J connectivity index is 1.69. The summed E-state index contributed by atoms with van der Waals surface area (Å²) < 4.78 is 0. The molecule has 1 aromatic rings. The van der Waals surface area contributed by atoms with Gasteiger partial charge in [0.1, 0.15) is 0 Å². The number of benzene rings is 1. The lowest BCUT2D eigenvalue weighted by atomic mass is 10.1. The summed E-state index contributed by atoms with van der Waals surface area (Å²) in [5, 5.41) is 3.43. The van der Waals surface area contributed by atoms with Crippen molar-refractivity contribution >= 4 is 0 Å². The third-order valence-corrected chi connectivity index (χ3v) is 3.04. The van der Waals surface area contributed by atoms with Gasteiger partial charge in [0.15, 0.2) is 0 Å². The first kappa shape index (κ1) is 10.7. The summed E-state index contributed by atoms with van der Waals surface area (Å²) in [6.45, 7) is 4.14. The van der Waals surface area contributed by atoms with Crippen LogP contribution >= 0.6 is 0 Å². The van der Waals surface area contributed by atoms with Crippen LogP contribution in [0.3, 0.4) is 0 Å². The van der Waals surface area contributed by atoms with Crippen molar-refractivity contribution in [2.45, 2.75) is 31.7 Å². The second-order valence-corrected chi connectivity index (χ2v) is 4.78. The van der Waals surface area contributed by atoms with E-state index in [1.165, 1.54) is 24.0 Å². The highest BCUT2D eigenvalue weighted by Crippen LogP contribution is 2.30. The number of aryl methyl sites for hydroxylation is 1. The summed E-state index contributed by atoms with van der Waals surface area (Å²) in [6.07, 6.45) is 3.46. The summed E-state index contributed by atoms with van der Waals surface area (Å²) in [7, 11) is 0. The van der Waals surface area contributed by atoms with Crippen LogP contribution in [0.2, 0.25) is 0 Å². The Hall–Kier alpha value is -0.860. The quantitative estimate of drug-likeness (QED) is 0.715. The van der Waals surface area contributed by atoms with Crippen LogP contribution in [0.5, 0.6) is 0 Å². The Bertz CT molecular complexity index is 329. The minimum Gasteiger partial charge on any atom is -0.324 e. The lowest BCUT2D eigenvalue weighted by Gasteiger charge is -2.10. The van der Waals surface area contributed by atoms with Gasteiger partial charge < -0.3 is 11.1 Å². The van der Waals surface area contributed by atoms with Gasteiger partial charge >= 0.3 is 0 Å². The fourth-order valence-electron chi connectivity index (χ4n) is 1.78. The first-order valence-corrected chi connectivity index (χ1v) is 5.73. The molecular weight excluding hydrogens is 184 g/mol. The van der Waals surface area contributed by atoms with Gasteiger partial charge in [0.05, 0.1) is 0 Å². The van der Waals surface area contributed by atoms with Crippen molar-refractivity contribution < 1.29 is 0 Å². The number of nitrogens with one attached hydrogen (secondary N) is 1. The molecule has 0 spiro atoms. The molecule has 0 unspecified atom stereocenters. The number of rotatable bonds is 5. The van der Waals surface area contributed by atoms with Crippen LogP contribution in [-0.4, -0.2) is 18.6 Å².